The van der Waals surface area contributed by atoms with Crippen LogP contribution in [0.15, 0.2) is 24.3 Å². The summed E-state index contributed by atoms with van der Waals surface area (Å²) in [4.78, 5) is 27.9. The summed E-state index contributed by atoms with van der Waals surface area (Å²) >= 11 is 7.03. The first-order valence-corrected chi connectivity index (χ1v) is 11.3. The van der Waals surface area contributed by atoms with Gasteiger partial charge in [0.1, 0.15) is 0 Å². The van der Waals surface area contributed by atoms with Crippen molar-refractivity contribution in [1.82, 2.24) is 9.97 Å². The molecule has 5 nitrogen and oxygen atoms in total. The Labute approximate surface area is 176 Å². The lowest BCUT2D eigenvalue weighted by molar-refractivity contribution is -0.141. The Morgan fingerprint density at radius 2 is 1.69 bits per heavy atom. The first-order chi connectivity index (χ1) is 13.9. The van der Waals surface area contributed by atoms with Gasteiger partial charge in [0.15, 0.2) is 11.6 Å². The fraction of sp³-hybridized carbons (Fsp3) is 0.609. The molecule has 4 bridgehead atoms. The lowest BCUT2D eigenvalue weighted by Gasteiger charge is -2.59. The van der Waals surface area contributed by atoms with Crippen molar-refractivity contribution in [2.24, 2.45) is 17.3 Å². The van der Waals surface area contributed by atoms with Gasteiger partial charge in [0.2, 0.25) is 5.91 Å². The highest BCUT2D eigenvalue weighted by Gasteiger charge is 2.61. The van der Waals surface area contributed by atoms with Crippen molar-refractivity contribution >= 4 is 40.2 Å². The number of nitrogens with zero attached hydrogens (tertiary/aromatic N) is 4. The number of alkyl halides is 1. The summed E-state index contributed by atoms with van der Waals surface area (Å²) in [5.41, 5.74) is 1.42. The number of anilines is 2. The zero-order valence-corrected chi connectivity index (χ0v) is 17.7. The van der Waals surface area contributed by atoms with Crippen molar-refractivity contribution < 1.29 is 4.79 Å². The Balaban J connectivity index is 1.45. The number of amides is 1. The monoisotopic (exact) mass is 410 g/mol. The smallest absolute Gasteiger partial charge is 0.234 e. The van der Waals surface area contributed by atoms with E-state index in [0.29, 0.717) is 18.4 Å². The van der Waals surface area contributed by atoms with Crippen molar-refractivity contribution in [3.63, 3.8) is 0 Å². The lowest BCUT2D eigenvalue weighted by Crippen LogP contribution is -2.59. The highest BCUT2D eigenvalue weighted by Crippen LogP contribution is 2.64. The highest BCUT2D eigenvalue weighted by atomic mass is 35.5. The van der Waals surface area contributed by atoms with Gasteiger partial charge in [-0.3, -0.25) is 9.69 Å². The molecule has 0 unspecified atom stereocenters. The number of halogens is 1. The van der Waals surface area contributed by atoms with Gasteiger partial charge in [-0.05, 0) is 68.9 Å². The molecule has 2 atom stereocenters. The van der Waals surface area contributed by atoms with Crippen LogP contribution in [0.5, 0.6) is 0 Å². The predicted octanol–water partition coefficient (Wildman–Crippen LogP) is 4.38. The van der Waals surface area contributed by atoms with Crippen LogP contribution in [0.25, 0.3) is 11.0 Å². The summed E-state index contributed by atoms with van der Waals surface area (Å²) in [7, 11) is 2.05. The minimum atomic E-state index is -0.306. The van der Waals surface area contributed by atoms with Crippen molar-refractivity contribution in [2.45, 2.75) is 49.8 Å². The van der Waals surface area contributed by atoms with Crippen LogP contribution in [0.4, 0.5) is 11.6 Å². The largest absolute Gasteiger partial charge is 0.357 e. The van der Waals surface area contributed by atoms with Gasteiger partial charge in [-0.25, -0.2) is 9.97 Å². The first kappa shape index (κ1) is 17.9. The molecule has 1 amide bonds. The van der Waals surface area contributed by atoms with Gasteiger partial charge in [-0.2, -0.15) is 0 Å². The number of fused-ring (bicyclic) bond motifs is 2. The molecule has 2 aromatic rings. The summed E-state index contributed by atoms with van der Waals surface area (Å²) in [5, 5.41) is 0. The Hall–Kier alpha value is -1.88. The molecule has 0 spiro atoms. The molecule has 29 heavy (non-hydrogen) atoms. The fourth-order valence-corrected chi connectivity index (χ4v) is 7.67. The van der Waals surface area contributed by atoms with Crippen molar-refractivity contribution in [3.05, 3.63) is 24.3 Å². The third kappa shape index (κ3) is 2.69. The van der Waals surface area contributed by atoms with E-state index in [9.17, 15) is 4.79 Å². The lowest BCUT2D eigenvalue weighted by atomic mass is 9.49. The number of para-hydroxylation sites is 2. The first-order valence-electron chi connectivity index (χ1n) is 10.9. The van der Waals surface area contributed by atoms with Gasteiger partial charge in [0.25, 0.3) is 0 Å². The van der Waals surface area contributed by atoms with E-state index >= 15 is 0 Å². The Kier molecular flexibility index (Phi) is 3.75. The van der Waals surface area contributed by atoms with E-state index in [0.717, 1.165) is 67.7 Å². The van der Waals surface area contributed by atoms with Crippen LogP contribution < -0.4 is 9.80 Å². The molecule has 0 saturated heterocycles. The van der Waals surface area contributed by atoms with E-state index < -0.39 is 0 Å². The standard InChI is InChI=1S/C23H27ClN4O/c1-27-7-4-8-28(20-19(27)25-17-5-2-3-6-18(17)26-20)21(29)22-10-15-9-16(11-22)13-23(24,12-15)14-22/h2-3,5-6,15-16H,4,7-14H2,1H3/t15-,16-,22?,23?/m1/s1. The second kappa shape index (κ2) is 6.07. The molecule has 5 aliphatic rings. The number of carbonyl (C=O) groups excluding carboxylic acids is 1. The molecular formula is C23H27ClN4O. The summed E-state index contributed by atoms with van der Waals surface area (Å²) < 4.78 is 0. The van der Waals surface area contributed by atoms with Gasteiger partial charge in [-0.1, -0.05) is 12.1 Å². The van der Waals surface area contributed by atoms with E-state index in [1.807, 2.05) is 29.2 Å². The Morgan fingerprint density at radius 3 is 2.34 bits per heavy atom. The summed E-state index contributed by atoms with van der Waals surface area (Å²) in [5.74, 6) is 3.01. The zero-order chi connectivity index (χ0) is 19.8. The molecule has 0 radical (unpaired) electrons. The number of rotatable bonds is 1. The molecule has 6 heteroatoms. The quantitative estimate of drug-likeness (QED) is 0.654. The predicted molar refractivity (Wildman–Crippen MR) is 115 cm³/mol. The minimum Gasteiger partial charge on any atom is -0.357 e. The summed E-state index contributed by atoms with van der Waals surface area (Å²) in [6.07, 6.45) is 7.18. The normalized spacial score (nSPS) is 35.7. The molecule has 1 aliphatic heterocycles. The van der Waals surface area contributed by atoms with Gasteiger partial charge in [-0.15, -0.1) is 11.6 Å². The third-order valence-corrected chi connectivity index (χ3v) is 8.16. The van der Waals surface area contributed by atoms with Gasteiger partial charge in [0.05, 0.1) is 16.4 Å². The van der Waals surface area contributed by atoms with Crippen LogP contribution in [-0.4, -0.2) is 40.9 Å². The van der Waals surface area contributed by atoms with E-state index in [1.54, 1.807) is 0 Å². The maximum Gasteiger partial charge on any atom is 0.234 e. The molecule has 1 aromatic carbocycles. The minimum absolute atomic E-state index is 0.166. The number of hydrogen-bond donors (Lipinski definition) is 0. The second-order valence-corrected chi connectivity index (χ2v) is 10.8. The van der Waals surface area contributed by atoms with Gasteiger partial charge in [0, 0.05) is 25.0 Å². The molecule has 4 aliphatic carbocycles. The Bertz CT molecular complexity index is 994. The zero-order valence-electron chi connectivity index (χ0n) is 16.9. The van der Waals surface area contributed by atoms with Crippen LogP contribution in [0.2, 0.25) is 0 Å². The molecule has 152 valence electrons. The molecule has 7 rings (SSSR count). The molecule has 4 saturated carbocycles. The topological polar surface area (TPSA) is 49.3 Å². The maximum atomic E-state index is 14.1. The van der Waals surface area contributed by atoms with Crippen LogP contribution in [-0.2, 0) is 4.79 Å². The molecular weight excluding hydrogens is 384 g/mol. The second-order valence-electron chi connectivity index (χ2n) is 9.98. The van der Waals surface area contributed by atoms with E-state index in [1.165, 1.54) is 6.42 Å². The number of carbonyl (C=O) groups is 1. The summed E-state index contributed by atoms with van der Waals surface area (Å²) in [6.45, 7) is 1.58. The maximum absolute atomic E-state index is 14.1. The summed E-state index contributed by atoms with van der Waals surface area (Å²) in [6, 6.07) is 7.93. The number of benzene rings is 1. The molecule has 0 N–H and O–H groups in total. The van der Waals surface area contributed by atoms with Gasteiger partial charge >= 0.3 is 0 Å². The SMILES string of the molecule is CN1CCCN(C(=O)C23C[C@H]4C[C@@H](CC(Cl)(C4)C2)C3)c2nc3ccccc3nc21. The van der Waals surface area contributed by atoms with Crippen molar-refractivity contribution in [2.75, 3.05) is 29.9 Å². The molecule has 2 heterocycles. The van der Waals surface area contributed by atoms with Crippen LogP contribution in [0.1, 0.15) is 44.9 Å². The third-order valence-electron chi connectivity index (χ3n) is 7.72. The van der Waals surface area contributed by atoms with Crippen LogP contribution in [0.3, 0.4) is 0 Å². The van der Waals surface area contributed by atoms with Crippen LogP contribution in [0, 0.1) is 17.3 Å². The van der Waals surface area contributed by atoms with E-state index in [2.05, 4.69) is 11.9 Å². The van der Waals surface area contributed by atoms with E-state index in [-0.39, 0.29) is 16.2 Å². The molecule has 4 fully saturated rings. The molecule has 1 aromatic heterocycles. The fourth-order valence-electron chi connectivity index (χ4n) is 6.98. The number of hydrogen-bond acceptors (Lipinski definition) is 4. The van der Waals surface area contributed by atoms with Crippen molar-refractivity contribution in [3.8, 4) is 0 Å². The Morgan fingerprint density at radius 1 is 1.03 bits per heavy atom. The van der Waals surface area contributed by atoms with Crippen LogP contribution >= 0.6 is 11.6 Å². The van der Waals surface area contributed by atoms with Crippen molar-refractivity contribution in [1.29, 1.82) is 0 Å². The average molecular weight is 411 g/mol. The van der Waals surface area contributed by atoms with E-state index in [4.69, 9.17) is 21.6 Å². The van der Waals surface area contributed by atoms with Gasteiger partial charge < -0.3 is 4.90 Å². The highest BCUT2D eigenvalue weighted by molar-refractivity contribution is 6.24. The average Bonchev–Trinajstić information content (AvgIpc) is 2.83. The number of aromatic nitrogens is 2.